The molecule has 1 heterocycles. The highest BCUT2D eigenvalue weighted by Crippen LogP contribution is 2.34. The lowest BCUT2D eigenvalue weighted by molar-refractivity contribution is -0.128. The fourth-order valence-corrected chi connectivity index (χ4v) is 5.16. The van der Waals surface area contributed by atoms with Gasteiger partial charge in [0.25, 0.3) is 0 Å². The van der Waals surface area contributed by atoms with Crippen LogP contribution >= 0.6 is 23.2 Å². The highest BCUT2D eigenvalue weighted by Gasteiger charge is 2.35. The smallest absolute Gasteiger partial charge is 0.247 e. The molecule has 0 spiro atoms. The number of rotatable bonds is 5. The SMILES string of the molecule is CC(=O)Nc1cccc(-c2cc(Cl)cc(C3CN(C(=O)C=CCl)CCN3S(C)(=O)=O)c2)c1. The maximum absolute atomic E-state index is 12.5. The number of carbonyl (C=O) groups excluding carboxylic acids is 2. The van der Waals surface area contributed by atoms with E-state index in [1.165, 1.54) is 17.3 Å². The van der Waals surface area contributed by atoms with Crippen LogP contribution < -0.4 is 5.32 Å². The third-order valence-electron chi connectivity index (χ3n) is 5.10. The third-order valence-corrected chi connectivity index (χ3v) is 6.73. The van der Waals surface area contributed by atoms with Crippen molar-refractivity contribution in [1.82, 2.24) is 9.21 Å². The van der Waals surface area contributed by atoms with Gasteiger partial charge in [-0.05, 0) is 47.0 Å². The van der Waals surface area contributed by atoms with Gasteiger partial charge in [0.15, 0.2) is 0 Å². The fraction of sp³-hybridized carbons (Fsp3) is 0.273. The zero-order valence-corrected chi connectivity index (χ0v) is 19.9. The molecule has 3 rings (SSSR count). The quantitative estimate of drug-likeness (QED) is 0.637. The van der Waals surface area contributed by atoms with Gasteiger partial charge in [0, 0.05) is 48.9 Å². The minimum absolute atomic E-state index is 0.158. The highest BCUT2D eigenvalue weighted by atomic mass is 35.5. The Labute approximate surface area is 197 Å². The van der Waals surface area contributed by atoms with Crippen molar-refractivity contribution >= 4 is 50.7 Å². The summed E-state index contributed by atoms with van der Waals surface area (Å²) in [4.78, 5) is 25.3. The van der Waals surface area contributed by atoms with Crippen molar-refractivity contribution in [2.45, 2.75) is 13.0 Å². The molecule has 0 saturated carbocycles. The Balaban J connectivity index is 2.03. The number of sulfonamides is 1. The van der Waals surface area contributed by atoms with Gasteiger partial charge in [0.2, 0.25) is 21.8 Å². The summed E-state index contributed by atoms with van der Waals surface area (Å²) in [6.45, 7) is 2.01. The fourth-order valence-electron chi connectivity index (χ4n) is 3.75. The highest BCUT2D eigenvalue weighted by molar-refractivity contribution is 7.88. The van der Waals surface area contributed by atoms with Crippen LogP contribution in [0.15, 0.2) is 54.1 Å². The van der Waals surface area contributed by atoms with Crippen LogP contribution in [0.5, 0.6) is 0 Å². The number of nitrogens with zero attached hydrogens (tertiary/aromatic N) is 2. The topological polar surface area (TPSA) is 86.8 Å². The van der Waals surface area contributed by atoms with E-state index in [0.29, 0.717) is 16.3 Å². The number of hydrogen-bond acceptors (Lipinski definition) is 4. The Morgan fingerprint density at radius 3 is 2.53 bits per heavy atom. The second kappa shape index (κ2) is 10.0. The van der Waals surface area contributed by atoms with E-state index in [1.807, 2.05) is 24.3 Å². The zero-order valence-electron chi connectivity index (χ0n) is 17.6. The summed E-state index contributed by atoms with van der Waals surface area (Å²) in [6, 6.07) is 12.0. The molecule has 170 valence electrons. The minimum Gasteiger partial charge on any atom is -0.336 e. The Morgan fingerprint density at radius 1 is 1.12 bits per heavy atom. The molecule has 1 atom stereocenters. The molecular weight excluding hydrogens is 473 g/mol. The maximum Gasteiger partial charge on any atom is 0.247 e. The molecule has 1 N–H and O–H groups in total. The van der Waals surface area contributed by atoms with Crippen LogP contribution in [-0.4, -0.2) is 55.3 Å². The van der Waals surface area contributed by atoms with Crippen molar-refractivity contribution in [2.75, 3.05) is 31.2 Å². The number of nitrogens with one attached hydrogen (secondary N) is 1. The third kappa shape index (κ3) is 5.89. The van der Waals surface area contributed by atoms with Crippen LogP contribution in [0, 0.1) is 0 Å². The lowest BCUT2D eigenvalue weighted by Crippen LogP contribution is -2.51. The summed E-state index contributed by atoms with van der Waals surface area (Å²) in [6.07, 6.45) is 2.39. The Morgan fingerprint density at radius 2 is 1.88 bits per heavy atom. The van der Waals surface area contributed by atoms with Gasteiger partial charge in [-0.15, -0.1) is 0 Å². The molecule has 32 heavy (non-hydrogen) atoms. The van der Waals surface area contributed by atoms with E-state index in [2.05, 4.69) is 5.32 Å². The molecule has 1 aliphatic rings. The summed E-state index contributed by atoms with van der Waals surface area (Å²) in [5.41, 5.74) is 4.00. The average Bonchev–Trinajstić information content (AvgIpc) is 2.72. The Hall–Kier alpha value is -2.39. The van der Waals surface area contributed by atoms with Gasteiger partial charge in [-0.25, -0.2) is 8.42 Å². The zero-order chi connectivity index (χ0) is 23.5. The maximum atomic E-state index is 12.5. The summed E-state index contributed by atoms with van der Waals surface area (Å²) in [7, 11) is -3.53. The molecule has 1 unspecified atom stereocenters. The molecule has 10 heteroatoms. The normalized spacial score (nSPS) is 17.5. The van der Waals surface area contributed by atoms with Crippen LogP contribution in [-0.2, 0) is 19.6 Å². The molecule has 2 aromatic carbocycles. The first-order chi connectivity index (χ1) is 15.1. The summed E-state index contributed by atoms with van der Waals surface area (Å²) < 4.78 is 26.3. The van der Waals surface area contributed by atoms with E-state index in [4.69, 9.17) is 23.2 Å². The molecule has 0 aromatic heterocycles. The van der Waals surface area contributed by atoms with Gasteiger partial charge in [-0.1, -0.05) is 35.3 Å². The molecule has 0 bridgehead atoms. The molecule has 7 nitrogen and oxygen atoms in total. The van der Waals surface area contributed by atoms with E-state index >= 15 is 0 Å². The van der Waals surface area contributed by atoms with Crippen molar-refractivity contribution in [3.63, 3.8) is 0 Å². The number of carbonyl (C=O) groups is 2. The van der Waals surface area contributed by atoms with E-state index in [-0.39, 0.29) is 31.4 Å². The number of piperazine rings is 1. The number of benzene rings is 2. The summed E-state index contributed by atoms with van der Waals surface area (Å²) in [5, 5.41) is 3.17. The predicted molar refractivity (Wildman–Crippen MR) is 127 cm³/mol. The predicted octanol–water partition coefficient (Wildman–Crippen LogP) is 3.86. The van der Waals surface area contributed by atoms with Gasteiger partial charge in [0.05, 0.1) is 12.3 Å². The second-order valence-corrected chi connectivity index (χ2v) is 10.1. The van der Waals surface area contributed by atoms with E-state index in [1.54, 1.807) is 23.1 Å². The average molecular weight is 496 g/mol. The minimum atomic E-state index is -3.53. The molecule has 2 amide bonds. The van der Waals surface area contributed by atoms with Gasteiger partial charge in [0.1, 0.15) is 0 Å². The standard InChI is InChI=1S/C22H23Cl2N3O4S/c1-15(28)25-20-5-3-4-16(13-20)17-10-18(12-19(24)11-17)21-14-26(22(29)6-7-23)8-9-27(21)32(2,30)31/h3-7,10-13,21H,8-9,14H2,1-2H3,(H,25,28). The number of amides is 2. The first kappa shape index (κ1) is 24.3. The molecule has 0 aliphatic carbocycles. The van der Waals surface area contributed by atoms with Crippen LogP contribution in [0.2, 0.25) is 5.02 Å². The second-order valence-electron chi connectivity index (χ2n) is 7.50. The number of halogens is 2. The van der Waals surface area contributed by atoms with E-state index < -0.39 is 16.1 Å². The van der Waals surface area contributed by atoms with Gasteiger partial charge in [-0.2, -0.15) is 4.31 Å². The van der Waals surface area contributed by atoms with Crippen molar-refractivity contribution in [3.05, 3.63) is 64.7 Å². The lowest BCUT2D eigenvalue weighted by atomic mass is 9.97. The number of hydrogen-bond donors (Lipinski definition) is 1. The van der Waals surface area contributed by atoms with Crippen LogP contribution in [0.3, 0.4) is 0 Å². The molecular formula is C22H23Cl2N3O4S. The first-order valence-corrected chi connectivity index (χ1v) is 12.5. The Bertz CT molecular complexity index is 1170. The summed E-state index contributed by atoms with van der Waals surface area (Å²) >= 11 is 12.0. The van der Waals surface area contributed by atoms with Gasteiger partial charge >= 0.3 is 0 Å². The summed E-state index contributed by atoms with van der Waals surface area (Å²) in [5.74, 6) is -0.473. The van der Waals surface area contributed by atoms with Crippen LogP contribution in [0.1, 0.15) is 18.5 Å². The molecule has 2 aromatic rings. The largest absolute Gasteiger partial charge is 0.336 e. The Kier molecular flexibility index (Phi) is 7.61. The molecule has 1 fully saturated rings. The van der Waals surface area contributed by atoms with E-state index in [9.17, 15) is 18.0 Å². The van der Waals surface area contributed by atoms with E-state index in [0.717, 1.165) is 22.9 Å². The van der Waals surface area contributed by atoms with Crippen LogP contribution in [0.25, 0.3) is 11.1 Å². The molecule has 1 saturated heterocycles. The van der Waals surface area contributed by atoms with Crippen molar-refractivity contribution in [2.24, 2.45) is 0 Å². The van der Waals surface area contributed by atoms with Gasteiger partial charge in [-0.3, -0.25) is 9.59 Å². The first-order valence-electron chi connectivity index (χ1n) is 9.79. The molecule has 0 radical (unpaired) electrons. The van der Waals surface area contributed by atoms with Crippen molar-refractivity contribution < 1.29 is 18.0 Å². The van der Waals surface area contributed by atoms with Crippen molar-refractivity contribution in [3.8, 4) is 11.1 Å². The molecule has 1 aliphatic heterocycles. The van der Waals surface area contributed by atoms with Crippen LogP contribution in [0.4, 0.5) is 5.69 Å². The monoisotopic (exact) mass is 495 g/mol. The lowest BCUT2D eigenvalue weighted by Gasteiger charge is -2.40. The number of anilines is 1. The van der Waals surface area contributed by atoms with Crippen molar-refractivity contribution in [1.29, 1.82) is 0 Å². The van der Waals surface area contributed by atoms with Gasteiger partial charge < -0.3 is 10.2 Å².